The molecule has 1 aliphatic rings. The molecule has 0 spiro atoms. The van der Waals surface area contributed by atoms with Gasteiger partial charge in [-0.05, 0) is 52.4 Å². The van der Waals surface area contributed by atoms with Crippen molar-refractivity contribution in [3.63, 3.8) is 0 Å². The Hall–Kier alpha value is -4.10. The number of aliphatic hydroxyl groups is 1. The van der Waals surface area contributed by atoms with Crippen molar-refractivity contribution >= 4 is 40.7 Å². The number of nitrogens with zero attached hydrogens (tertiary/aromatic N) is 1. The molecule has 1 heterocycles. The number of aliphatic hydroxyl groups excluding tert-OH is 1. The van der Waals surface area contributed by atoms with Gasteiger partial charge in [-0.15, -0.1) is 0 Å². The van der Waals surface area contributed by atoms with Crippen molar-refractivity contribution < 1.29 is 29.3 Å². The number of halogens is 1. The maximum absolute atomic E-state index is 13.4. The average molecular weight is 534 g/mol. The summed E-state index contributed by atoms with van der Waals surface area (Å²) in [7, 11) is 1.47. The normalized spacial score (nSPS) is 17.1. The maximum Gasteiger partial charge on any atom is 0.307 e. The van der Waals surface area contributed by atoms with Crippen LogP contribution in [0, 0.1) is 0 Å². The van der Waals surface area contributed by atoms with E-state index in [0.717, 1.165) is 5.56 Å². The summed E-state index contributed by atoms with van der Waals surface area (Å²) < 4.78 is 5.19. The number of anilines is 1. The largest absolute Gasteiger partial charge is 0.507 e. The van der Waals surface area contributed by atoms with E-state index in [2.05, 4.69) is 20.8 Å². The minimum absolute atomic E-state index is 0.0747. The van der Waals surface area contributed by atoms with Gasteiger partial charge in [-0.25, -0.2) is 0 Å². The van der Waals surface area contributed by atoms with Gasteiger partial charge in [0.1, 0.15) is 11.5 Å². The van der Waals surface area contributed by atoms with Crippen LogP contribution in [0.25, 0.3) is 5.76 Å². The number of amides is 1. The van der Waals surface area contributed by atoms with Crippen molar-refractivity contribution in [3.8, 4) is 5.75 Å². The van der Waals surface area contributed by atoms with Gasteiger partial charge in [-0.1, -0.05) is 68.8 Å². The Labute approximate surface area is 225 Å². The zero-order chi connectivity index (χ0) is 27.8. The predicted molar refractivity (Wildman–Crippen MR) is 146 cm³/mol. The fourth-order valence-corrected chi connectivity index (χ4v) is 4.76. The number of Topliss-reactive ketones (excluding diaryl/α,β-unsaturated/α-hetero) is 1. The Bertz CT molecular complexity index is 1440. The lowest BCUT2D eigenvalue weighted by atomic mass is 9.85. The van der Waals surface area contributed by atoms with Gasteiger partial charge in [0, 0.05) is 11.3 Å². The highest BCUT2D eigenvalue weighted by Gasteiger charge is 2.47. The summed E-state index contributed by atoms with van der Waals surface area (Å²) in [4.78, 5) is 39.2. The van der Waals surface area contributed by atoms with Crippen molar-refractivity contribution in [3.05, 3.63) is 99.6 Å². The van der Waals surface area contributed by atoms with E-state index >= 15 is 0 Å². The van der Waals surface area contributed by atoms with Gasteiger partial charge in [0.25, 0.3) is 11.7 Å². The summed E-state index contributed by atoms with van der Waals surface area (Å²) in [6, 6.07) is 17.7. The van der Waals surface area contributed by atoms with E-state index in [4.69, 9.17) is 21.4 Å². The zero-order valence-corrected chi connectivity index (χ0v) is 22.2. The van der Waals surface area contributed by atoms with Crippen LogP contribution < -0.4 is 9.64 Å². The van der Waals surface area contributed by atoms with Crippen LogP contribution in [0.2, 0.25) is 5.02 Å². The first-order chi connectivity index (χ1) is 17.9. The minimum Gasteiger partial charge on any atom is -0.507 e. The van der Waals surface area contributed by atoms with Gasteiger partial charge >= 0.3 is 5.97 Å². The Balaban J connectivity index is 1.89. The lowest BCUT2D eigenvalue weighted by molar-refractivity contribution is -0.136. The molecule has 0 saturated carbocycles. The molecule has 2 N–H and O–H groups in total. The quantitative estimate of drug-likeness (QED) is 0.232. The molecule has 3 aromatic carbocycles. The minimum atomic E-state index is -0.977. The summed E-state index contributed by atoms with van der Waals surface area (Å²) in [5, 5.41) is 20.7. The van der Waals surface area contributed by atoms with E-state index in [-0.39, 0.29) is 33.8 Å². The SMILES string of the molecule is COc1ccc(/C(O)=C2/C(=O)C(=O)N(c3ccc(CC(=O)O)cc3)C2c2ccc(C(C)(C)C)cc2)cc1Cl. The molecular weight excluding hydrogens is 506 g/mol. The second kappa shape index (κ2) is 10.3. The first kappa shape index (κ1) is 26.9. The van der Waals surface area contributed by atoms with Crippen LogP contribution in [0.4, 0.5) is 5.69 Å². The third-order valence-corrected chi connectivity index (χ3v) is 6.83. The molecule has 38 heavy (non-hydrogen) atoms. The number of rotatable bonds is 6. The fourth-order valence-electron chi connectivity index (χ4n) is 4.50. The van der Waals surface area contributed by atoms with Crippen molar-refractivity contribution in [2.45, 2.75) is 38.6 Å². The number of aliphatic carboxylic acids is 1. The van der Waals surface area contributed by atoms with Crippen LogP contribution in [0.5, 0.6) is 5.75 Å². The van der Waals surface area contributed by atoms with Crippen molar-refractivity contribution in [1.29, 1.82) is 0 Å². The topological polar surface area (TPSA) is 104 Å². The number of methoxy groups -OCH3 is 1. The zero-order valence-electron chi connectivity index (χ0n) is 21.5. The molecule has 1 atom stereocenters. The molecule has 4 rings (SSSR count). The highest BCUT2D eigenvalue weighted by atomic mass is 35.5. The van der Waals surface area contributed by atoms with Crippen LogP contribution in [0.3, 0.4) is 0 Å². The maximum atomic E-state index is 13.4. The molecule has 3 aromatic rings. The summed E-state index contributed by atoms with van der Waals surface area (Å²) in [6.07, 6.45) is -0.172. The number of hydrogen-bond acceptors (Lipinski definition) is 5. The van der Waals surface area contributed by atoms with E-state index in [0.29, 0.717) is 22.6 Å². The van der Waals surface area contributed by atoms with Crippen LogP contribution >= 0.6 is 11.6 Å². The Morgan fingerprint density at radius 2 is 1.61 bits per heavy atom. The molecule has 1 fully saturated rings. The Kier molecular flexibility index (Phi) is 7.33. The number of carboxylic acids is 1. The number of carbonyl (C=O) groups is 3. The van der Waals surface area contributed by atoms with Crippen LogP contribution in [0.1, 0.15) is 49.1 Å². The molecule has 1 unspecified atom stereocenters. The first-order valence-electron chi connectivity index (χ1n) is 12.0. The molecule has 8 heteroatoms. The van der Waals surface area contributed by atoms with Crippen LogP contribution in [0.15, 0.2) is 72.3 Å². The number of carboxylic acid groups (broad SMARTS) is 1. The molecule has 1 amide bonds. The molecule has 1 aliphatic heterocycles. The predicted octanol–water partition coefficient (Wildman–Crippen LogP) is 5.90. The number of benzene rings is 3. The van der Waals surface area contributed by atoms with Crippen molar-refractivity contribution in [1.82, 2.24) is 0 Å². The lowest BCUT2D eigenvalue weighted by Crippen LogP contribution is -2.29. The Morgan fingerprint density at radius 1 is 0.974 bits per heavy atom. The van der Waals surface area contributed by atoms with E-state index in [1.165, 1.54) is 18.1 Å². The third kappa shape index (κ3) is 5.15. The summed E-state index contributed by atoms with van der Waals surface area (Å²) >= 11 is 6.27. The average Bonchev–Trinajstić information content (AvgIpc) is 3.13. The van der Waals surface area contributed by atoms with Crippen LogP contribution in [-0.2, 0) is 26.2 Å². The van der Waals surface area contributed by atoms with Gasteiger partial charge in [-0.3, -0.25) is 19.3 Å². The lowest BCUT2D eigenvalue weighted by Gasteiger charge is -2.27. The highest BCUT2D eigenvalue weighted by Crippen LogP contribution is 2.43. The second-order valence-corrected chi connectivity index (χ2v) is 10.5. The molecule has 0 aliphatic carbocycles. The molecular formula is C30H28ClNO6. The molecule has 7 nitrogen and oxygen atoms in total. The smallest absolute Gasteiger partial charge is 0.307 e. The van der Waals surface area contributed by atoms with Crippen molar-refractivity contribution in [2.24, 2.45) is 0 Å². The highest BCUT2D eigenvalue weighted by molar-refractivity contribution is 6.51. The summed E-state index contributed by atoms with van der Waals surface area (Å²) in [5.74, 6) is -2.58. The van der Waals surface area contributed by atoms with Gasteiger partial charge in [-0.2, -0.15) is 0 Å². The van der Waals surface area contributed by atoms with Crippen LogP contribution in [-0.4, -0.2) is 35.0 Å². The molecule has 0 bridgehead atoms. The first-order valence-corrected chi connectivity index (χ1v) is 12.4. The van der Waals surface area contributed by atoms with Crippen molar-refractivity contribution in [2.75, 3.05) is 12.0 Å². The summed E-state index contributed by atoms with van der Waals surface area (Å²) in [6.45, 7) is 6.25. The standard InChI is InChI=1S/C30H28ClNO6/c1-30(2,3)20-10-7-18(8-11-20)26-25(27(35)19-9-14-23(38-4)22(31)16-19)28(36)29(37)32(26)21-12-5-17(6-13-21)15-24(33)34/h5-14,16,26,35H,15H2,1-4H3,(H,33,34)/b27-25-. The molecule has 0 radical (unpaired) electrons. The molecule has 0 aromatic heterocycles. The van der Waals surface area contributed by atoms with E-state index in [9.17, 15) is 19.5 Å². The second-order valence-electron chi connectivity index (χ2n) is 10.1. The fraction of sp³-hybridized carbons (Fsp3) is 0.233. The third-order valence-electron chi connectivity index (χ3n) is 6.53. The Morgan fingerprint density at radius 3 is 2.13 bits per heavy atom. The van der Waals surface area contributed by atoms with E-state index < -0.39 is 23.7 Å². The number of ketones is 1. The number of ether oxygens (including phenoxy) is 1. The van der Waals surface area contributed by atoms with E-state index in [1.54, 1.807) is 36.4 Å². The van der Waals surface area contributed by atoms with Gasteiger partial charge in [0.05, 0.1) is 30.2 Å². The van der Waals surface area contributed by atoms with Gasteiger partial charge in [0.2, 0.25) is 0 Å². The monoisotopic (exact) mass is 533 g/mol. The summed E-state index contributed by atoms with van der Waals surface area (Å²) in [5.41, 5.74) is 2.73. The van der Waals surface area contributed by atoms with Gasteiger partial charge < -0.3 is 14.9 Å². The van der Waals surface area contributed by atoms with E-state index in [1.807, 2.05) is 24.3 Å². The molecule has 196 valence electrons. The molecule has 1 saturated heterocycles. The number of carbonyl (C=O) groups excluding carboxylic acids is 2. The number of hydrogen-bond donors (Lipinski definition) is 2. The van der Waals surface area contributed by atoms with Gasteiger partial charge in [0.15, 0.2) is 0 Å².